The average Bonchev–Trinajstić information content (AvgIpc) is 2.29. The molecule has 1 aromatic carbocycles. The molecule has 0 spiro atoms. The molecule has 0 saturated carbocycles. The zero-order chi connectivity index (χ0) is 13.0. The number of hydrogen-bond acceptors (Lipinski definition) is 3. The van der Waals surface area contributed by atoms with Gasteiger partial charge in [-0.3, -0.25) is 8.86 Å². The lowest BCUT2D eigenvalue weighted by Gasteiger charge is -2.20. The van der Waals surface area contributed by atoms with Gasteiger partial charge in [0, 0.05) is 11.0 Å². The number of carbonyl (C=O) groups excluding carboxylic acids is 1. The predicted molar refractivity (Wildman–Crippen MR) is 69.3 cm³/mol. The summed E-state index contributed by atoms with van der Waals surface area (Å²) >= 11 is 1.07. The van der Waals surface area contributed by atoms with E-state index < -0.39 is 17.2 Å². The molecule has 1 atom stereocenters. The van der Waals surface area contributed by atoms with Crippen molar-refractivity contribution < 1.29 is 18.3 Å². The highest BCUT2D eigenvalue weighted by atomic mass is 79.9. The molecule has 94 valence electrons. The largest absolute Gasteiger partial charge is 0.465 e. The zero-order valence-electron chi connectivity index (χ0n) is 9.34. The minimum Gasteiger partial charge on any atom is -0.465 e. The first-order chi connectivity index (χ1) is 8.01. The van der Waals surface area contributed by atoms with E-state index >= 15 is 0 Å². The molecule has 0 amide bonds. The molecule has 0 aromatic heterocycles. The average molecular weight is 322 g/mol. The number of ether oxygens (including phenoxy) is 1. The highest BCUT2D eigenvalue weighted by molar-refractivity contribution is 9.10. The molecule has 0 fully saturated rings. The third-order valence-electron chi connectivity index (χ3n) is 2.11. The Hall–Kier alpha value is -0.920. The smallest absolute Gasteiger partial charge is 0.340 e. The molecule has 17 heavy (non-hydrogen) atoms. The van der Waals surface area contributed by atoms with Crippen molar-refractivity contribution >= 4 is 38.9 Å². The van der Waals surface area contributed by atoms with Crippen molar-refractivity contribution in [2.45, 2.75) is 6.92 Å². The van der Waals surface area contributed by atoms with Crippen LogP contribution in [-0.2, 0) is 16.0 Å². The van der Waals surface area contributed by atoms with Crippen molar-refractivity contribution in [3.8, 4) is 0 Å². The number of esters is 1. The first-order valence-corrected chi connectivity index (χ1v) is 6.63. The summed E-state index contributed by atoms with van der Waals surface area (Å²) in [7, 11) is 1.26. The molecular weight excluding hydrogens is 310 g/mol. The third kappa shape index (κ3) is 3.27. The van der Waals surface area contributed by atoms with E-state index in [9.17, 15) is 9.00 Å². The number of nitrogens with zero attached hydrogens (tertiary/aromatic N) is 1. The maximum absolute atomic E-state index is 11.5. The van der Waals surface area contributed by atoms with E-state index in [2.05, 4.69) is 20.7 Å². The first kappa shape index (κ1) is 14.1. The van der Waals surface area contributed by atoms with Crippen LogP contribution in [0.15, 0.2) is 22.7 Å². The number of anilines is 1. The Labute approximate surface area is 110 Å². The number of carbonyl (C=O) groups is 1. The summed E-state index contributed by atoms with van der Waals surface area (Å²) in [5.74, 6) is -0.545. The van der Waals surface area contributed by atoms with E-state index in [1.165, 1.54) is 11.4 Å². The van der Waals surface area contributed by atoms with Crippen molar-refractivity contribution in [2.75, 3.05) is 18.0 Å². The lowest BCUT2D eigenvalue weighted by molar-refractivity contribution is 0.0601. The zero-order valence-corrected chi connectivity index (χ0v) is 11.7. The normalized spacial score (nSPS) is 12.0. The van der Waals surface area contributed by atoms with Gasteiger partial charge in [-0.05, 0) is 25.1 Å². The van der Waals surface area contributed by atoms with E-state index in [0.717, 1.165) is 0 Å². The van der Waals surface area contributed by atoms with Crippen LogP contribution in [0.1, 0.15) is 17.3 Å². The van der Waals surface area contributed by atoms with Gasteiger partial charge in [0.15, 0.2) is 0 Å². The number of halogens is 1. The second-order valence-electron chi connectivity index (χ2n) is 3.08. The maximum atomic E-state index is 11.5. The minimum atomic E-state index is -2.19. The van der Waals surface area contributed by atoms with Crippen LogP contribution in [-0.4, -0.2) is 28.4 Å². The molecule has 1 aromatic rings. The van der Waals surface area contributed by atoms with Crippen LogP contribution >= 0.6 is 15.9 Å². The van der Waals surface area contributed by atoms with Crippen LogP contribution in [0.3, 0.4) is 0 Å². The Morgan fingerprint density at radius 3 is 2.71 bits per heavy atom. The summed E-state index contributed by atoms with van der Waals surface area (Å²) in [4.78, 5) is 11.5. The van der Waals surface area contributed by atoms with Gasteiger partial charge in [-0.2, -0.15) is 0 Å². The molecule has 5 nitrogen and oxygen atoms in total. The molecule has 7 heteroatoms. The van der Waals surface area contributed by atoms with Crippen molar-refractivity contribution in [3.63, 3.8) is 0 Å². The third-order valence-corrected chi connectivity index (χ3v) is 3.43. The fourth-order valence-electron chi connectivity index (χ4n) is 1.36. The quantitative estimate of drug-likeness (QED) is 0.682. The summed E-state index contributed by atoms with van der Waals surface area (Å²) in [6.07, 6.45) is 0. The lowest BCUT2D eigenvalue weighted by Crippen LogP contribution is -2.26. The monoisotopic (exact) mass is 321 g/mol. The van der Waals surface area contributed by atoms with Crippen LogP contribution in [0.2, 0.25) is 0 Å². The van der Waals surface area contributed by atoms with Gasteiger partial charge < -0.3 is 4.74 Å². The Morgan fingerprint density at radius 1 is 1.59 bits per heavy atom. The van der Waals surface area contributed by atoms with Gasteiger partial charge in [0.05, 0.1) is 18.4 Å². The lowest BCUT2D eigenvalue weighted by atomic mass is 10.2. The topological polar surface area (TPSA) is 66.8 Å². The molecule has 0 bridgehead atoms. The van der Waals surface area contributed by atoms with Crippen LogP contribution in [0.4, 0.5) is 5.69 Å². The van der Waals surface area contributed by atoms with E-state index in [4.69, 9.17) is 4.55 Å². The number of rotatable bonds is 4. The van der Waals surface area contributed by atoms with Crippen LogP contribution in [0.5, 0.6) is 0 Å². The fourth-order valence-corrected chi connectivity index (χ4v) is 2.25. The van der Waals surface area contributed by atoms with Gasteiger partial charge in [0.25, 0.3) is 11.3 Å². The van der Waals surface area contributed by atoms with Gasteiger partial charge in [-0.1, -0.05) is 15.9 Å². The summed E-state index contributed by atoms with van der Waals surface area (Å²) in [5.41, 5.74) is 0.606. The SMILES string of the molecule is CCN(c1cc(Br)ccc1C(=O)OC)S(=O)O. The standard InChI is InChI=1S/C10H12BrNO4S/c1-3-12(17(14)15)9-6-7(11)4-5-8(9)10(13)16-2/h4-6H,3H2,1-2H3,(H,14,15). The highest BCUT2D eigenvalue weighted by Crippen LogP contribution is 2.26. The molecule has 0 heterocycles. The van der Waals surface area contributed by atoms with E-state index in [1.54, 1.807) is 25.1 Å². The second-order valence-corrected chi connectivity index (χ2v) is 4.90. The number of hydrogen-bond donors (Lipinski definition) is 1. The van der Waals surface area contributed by atoms with Crippen molar-refractivity contribution in [2.24, 2.45) is 0 Å². The van der Waals surface area contributed by atoms with Gasteiger partial charge in [0.1, 0.15) is 0 Å². The van der Waals surface area contributed by atoms with Crippen molar-refractivity contribution in [1.29, 1.82) is 0 Å². The Kier molecular flexibility index (Phi) is 5.10. The van der Waals surface area contributed by atoms with Gasteiger partial charge in [-0.25, -0.2) is 9.00 Å². The van der Waals surface area contributed by atoms with Gasteiger partial charge >= 0.3 is 5.97 Å². The minimum absolute atomic E-state index is 0.250. The number of benzene rings is 1. The molecule has 0 aliphatic carbocycles. The first-order valence-electron chi connectivity index (χ1n) is 4.77. The molecule has 1 N–H and O–H groups in total. The molecule has 0 aliphatic rings. The maximum Gasteiger partial charge on any atom is 0.340 e. The summed E-state index contributed by atoms with van der Waals surface area (Å²) in [6, 6.07) is 4.81. The van der Waals surface area contributed by atoms with E-state index in [1.807, 2.05) is 0 Å². The van der Waals surface area contributed by atoms with Crippen molar-refractivity contribution in [1.82, 2.24) is 0 Å². The molecule has 0 aliphatic heterocycles. The highest BCUT2D eigenvalue weighted by Gasteiger charge is 2.19. The molecule has 1 unspecified atom stereocenters. The molecule has 0 saturated heterocycles. The molecular formula is C10H12BrNO4S. The summed E-state index contributed by atoms with van der Waals surface area (Å²) in [5, 5.41) is 0. The Morgan fingerprint density at radius 2 is 2.24 bits per heavy atom. The second kappa shape index (κ2) is 6.13. The molecule has 0 radical (unpaired) electrons. The fraction of sp³-hybridized carbons (Fsp3) is 0.300. The van der Waals surface area contributed by atoms with E-state index in [-0.39, 0.29) is 5.56 Å². The van der Waals surface area contributed by atoms with Crippen molar-refractivity contribution in [3.05, 3.63) is 28.2 Å². The van der Waals surface area contributed by atoms with Gasteiger partial charge in [0.2, 0.25) is 0 Å². The van der Waals surface area contributed by atoms with Gasteiger partial charge in [-0.15, -0.1) is 0 Å². The van der Waals surface area contributed by atoms with E-state index in [0.29, 0.717) is 16.7 Å². The van der Waals surface area contributed by atoms with Crippen LogP contribution in [0, 0.1) is 0 Å². The number of methoxy groups -OCH3 is 1. The summed E-state index contributed by atoms with van der Waals surface area (Å²) < 4.78 is 26.9. The Balaban J connectivity index is 3.32. The van der Waals surface area contributed by atoms with Crippen LogP contribution in [0.25, 0.3) is 0 Å². The Bertz CT molecular complexity index is 452. The van der Waals surface area contributed by atoms with Crippen LogP contribution < -0.4 is 4.31 Å². The summed E-state index contributed by atoms with van der Waals surface area (Å²) in [6.45, 7) is 2.01. The molecule has 1 rings (SSSR count). The predicted octanol–water partition coefficient (Wildman–Crippen LogP) is 2.20.